The Hall–Kier alpha value is -1.80. The van der Waals surface area contributed by atoms with Crippen LogP contribution in [-0.4, -0.2) is 18.3 Å². The SMILES string of the molecule is COc1ccc(C(C)C)c(C2(N=C=O)CC2)c1O. The van der Waals surface area contributed by atoms with Gasteiger partial charge in [-0.15, -0.1) is 0 Å². The van der Waals surface area contributed by atoms with Gasteiger partial charge in [-0.1, -0.05) is 19.9 Å². The standard InChI is InChI=1S/C14H17NO3/c1-9(2)10-4-5-11(18-3)13(17)12(10)14(6-7-14)15-8-16/h4-5,9,17H,6-7H2,1-3H3. The third kappa shape index (κ3) is 1.89. The molecule has 0 bridgehead atoms. The average Bonchev–Trinajstić information content (AvgIpc) is 3.09. The smallest absolute Gasteiger partial charge is 0.235 e. The molecule has 1 fully saturated rings. The highest BCUT2D eigenvalue weighted by Gasteiger charge is 2.48. The van der Waals surface area contributed by atoms with Crippen LogP contribution in [-0.2, 0) is 10.3 Å². The van der Waals surface area contributed by atoms with Crippen LogP contribution in [0.2, 0.25) is 0 Å². The highest BCUT2D eigenvalue weighted by atomic mass is 16.5. The van der Waals surface area contributed by atoms with E-state index in [2.05, 4.69) is 4.99 Å². The van der Waals surface area contributed by atoms with Crippen LogP contribution in [0.25, 0.3) is 0 Å². The predicted octanol–water partition coefficient (Wildman–Crippen LogP) is 2.85. The minimum atomic E-state index is -0.583. The van der Waals surface area contributed by atoms with Gasteiger partial charge in [0.05, 0.1) is 7.11 Å². The van der Waals surface area contributed by atoms with Crippen LogP contribution in [0.15, 0.2) is 17.1 Å². The van der Waals surface area contributed by atoms with E-state index in [-0.39, 0.29) is 11.7 Å². The van der Waals surface area contributed by atoms with Crippen molar-refractivity contribution in [1.29, 1.82) is 0 Å². The number of isocyanates is 1. The van der Waals surface area contributed by atoms with Crippen LogP contribution in [0.3, 0.4) is 0 Å². The van der Waals surface area contributed by atoms with Crippen LogP contribution < -0.4 is 4.74 Å². The second-order valence-electron chi connectivity index (χ2n) is 4.97. The summed E-state index contributed by atoms with van der Waals surface area (Å²) in [5, 5.41) is 10.3. The minimum Gasteiger partial charge on any atom is -0.504 e. The quantitative estimate of drug-likeness (QED) is 0.657. The van der Waals surface area contributed by atoms with E-state index < -0.39 is 5.54 Å². The van der Waals surface area contributed by atoms with Crippen molar-refractivity contribution in [2.24, 2.45) is 4.99 Å². The van der Waals surface area contributed by atoms with Gasteiger partial charge in [0.15, 0.2) is 11.5 Å². The van der Waals surface area contributed by atoms with E-state index in [1.54, 1.807) is 12.1 Å². The molecule has 0 aromatic heterocycles. The number of carbonyl (C=O) groups excluding carboxylic acids is 1. The molecule has 0 heterocycles. The monoisotopic (exact) mass is 247 g/mol. The van der Waals surface area contributed by atoms with Crippen LogP contribution in [0.5, 0.6) is 11.5 Å². The highest BCUT2D eigenvalue weighted by molar-refractivity contribution is 5.57. The van der Waals surface area contributed by atoms with Gasteiger partial charge in [-0.2, -0.15) is 4.99 Å². The number of rotatable bonds is 4. The fourth-order valence-electron chi connectivity index (χ4n) is 2.35. The molecule has 4 heteroatoms. The third-order valence-electron chi connectivity index (χ3n) is 3.46. The molecule has 1 saturated carbocycles. The first-order valence-corrected chi connectivity index (χ1v) is 6.05. The van der Waals surface area contributed by atoms with Gasteiger partial charge in [0.2, 0.25) is 6.08 Å². The van der Waals surface area contributed by atoms with Crippen molar-refractivity contribution >= 4 is 6.08 Å². The molecule has 1 aliphatic carbocycles. The number of aromatic hydroxyl groups is 1. The average molecular weight is 247 g/mol. The maximum atomic E-state index is 10.6. The molecule has 2 rings (SSSR count). The molecular weight excluding hydrogens is 230 g/mol. The van der Waals surface area contributed by atoms with Gasteiger partial charge in [0.25, 0.3) is 0 Å². The van der Waals surface area contributed by atoms with E-state index in [9.17, 15) is 9.90 Å². The molecule has 96 valence electrons. The first-order chi connectivity index (χ1) is 8.55. The van der Waals surface area contributed by atoms with Crippen LogP contribution in [0.4, 0.5) is 0 Å². The molecule has 0 radical (unpaired) electrons. The van der Waals surface area contributed by atoms with Crippen molar-refractivity contribution in [3.05, 3.63) is 23.3 Å². The second kappa shape index (κ2) is 4.46. The number of phenolic OH excluding ortho intramolecular Hbond substituents is 1. The summed E-state index contributed by atoms with van der Waals surface area (Å²) >= 11 is 0. The fraction of sp³-hybridized carbons (Fsp3) is 0.500. The third-order valence-corrected chi connectivity index (χ3v) is 3.46. The zero-order valence-electron chi connectivity index (χ0n) is 10.9. The lowest BCUT2D eigenvalue weighted by atomic mass is 9.90. The number of phenols is 1. The van der Waals surface area contributed by atoms with Gasteiger partial charge in [0.1, 0.15) is 5.54 Å². The topological polar surface area (TPSA) is 58.9 Å². The van der Waals surface area contributed by atoms with Crippen molar-refractivity contribution < 1.29 is 14.6 Å². The number of ether oxygens (including phenoxy) is 1. The number of hydrogen-bond donors (Lipinski definition) is 1. The first-order valence-electron chi connectivity index (χ1n) is 6.05. The number of nitrogens with zero attached hydrogens (tertiary/aromatic N) is 1. The van der Waals surface area contributed by atoms with Crippen molar-refractivity contribution in [2.75, 3.05) is 7.11 Å². The number of aliphatic imine (C=N–C) groups is 1. The summed E-state index contributed by atoms with van der Waals surface area (Å²) in [5.41, 5.74) is 1.14. The normalized spacial score (nSPS) is 16.2. The van der Waals surface area contributed by atoms with E-state index in [1.807, 2.05) is 19.9 Å². The Labute approximate surface area is 106 Å². The van der Waals surface area contributed by atoms with Crippen LogP contribution >= 0.6 is 0 Å². The summed E-state index contributed by atoms with van der Waals surface area (Å²) in [7, 11) is 1.51. The molecule has 0 aliphatic heterocycles. The second-order valence-corrected chi connectivity index (χ2v) is 4.97. The largest absolute Gasteiger partial charge is 0.504 e. The summed E-state index contributed by atoms with van der Waals surface area (Å²) in [6.45, 7) is 4.09. The molecule has 1 N–H and O–H groups in total. The van der Waals surface area contributed by atoms with Gasteiger partial charge in [0, 0.05) is 5.56 Å². The molecule has 18 heavy (non-hydrogen) atoms. The molecule has 1 aromatic carbocycles. The molecule has 0 saturated heterocycles. The number of hydrogen-bond acceptors (Lipinski definition) is 4. The summed E-state index contributed by atoms with van der Waals surface area (Å²) in [5.74, 6) is 0.762. The number of methoxy groups -OCH3 is 1. The van der Waals surface area contributed by atoms with E-state index in [4.69, 9.17) is 4.74 Å². The van der Waals surface area contributed by atoms with Crippen LogP contribution in [0.1, 0.15) is 43.7 Å². The Kier molecular flexibility index (Phi) is 3.14. The van der Waals surface area contributed by atoms with Crippen molar-refractivity contribution in [3.8, 4) is 11.5 Å². The molecular formula is C14H17NO3. The van der Waals surface area contributed by atoms with E-state index >= 15 is 0 Å². The first kappa shape index (κ1) is 12.7. The van der Waals surface area contributed by atoms with Crippen molar-refractivity contribution in [1.82, 2.24) is 0 Å². The lowest BCUT2D eigenvalue weighted by molar-refractivity contribution is 0.366. The van der Waals surface area contributed by atoms with Crippen molar-refractivity contribution in [3.63, 3.8) is 0 Å². The Morgan fingerprint density at radius 2 is 2.11 bits per heavy atom. The Bertz CT molecular complexity index is 512. The summed E-state index contributed by atoms with van der Waals surface area (Å²) in [4.78, 5) is 14.5. The fourth-order valence-corrected chi connectivity index (χ4v) is 2.35. The number of benzene rings is 1. The van der Waals surface area contributed by atoms with Crippen molar-refractivity contribution in [2.45, 2.75) is 38.1 Å². The predicted molar refractivity (Wildman–Crippen MR) is 67.8 cm³/mol. The zero-order chi connectivity index (χ0) is 13.3. The molecule has 0 unspecified atom stereocenters. The Morgan fingerprint density at radius 1 is 1.44 bits per heavy atom. The molecule has 1 aromatic rings. The molecule has 4 nitrogen and oxygen atoms in total. The summed E-state index contributed by atoms with van der Waals surface area (Å²) in [6.07, 6.45) is 3.16. The van der Waals surface area contributed by atoms with E-state index in [0.29, 0.717) is 5.75 Å². The zero-order valence-corrected chi connectivity index (χ0v) is 10.9. The summed E-state index contributed by atoms with van der Waals surface area (Å²) in [6, 6.07) is 3.67. The maximum Gasteiger partial charge on any atom is 0.235 e. The van der Waals surface area contributed by atoms with Gasteiger partial charge in [-0.3, -0.25) is 0 Å². The van der Waals surface area contributed by atoms with E-state index in [1.165, 1.54) is 7.11 Å². The maximum absolute atomic E-state index is 10.6. The minimum absolute atomic E-state index is 0.0974. The lowest BCUT2D eigenvalue weighted by Crippen LogP contribution is -2.09. The molecule has 0 spiro atoms. The van der Waals surface area contributed by atoms with Crippen LogP contribution in [0, 0.1) is 0 Å². The highest BCUT2D eigenvalue weighted by Crippen LogP contribution is 2.56. The van der Waals surface area contributed by atoms with Gasteiger partial charge in [-0.25, -0.2) is 4.79 Å². The van der Waals surface area contributed by atoms with Gasteiger partial charge < -0.3 is 9.84 Å². The van der Waals surface area contributed by atoms with Gasteiger partial charge >= 0.3 is 0 Å². The Morgan fingerprint density at radius 3 is 2.56 bits per heavy atom. The molecule has 1 aliphatic rings. The van der Waals surface area contributed by atoms with Gasteiger partial charge in [-0.05, 0) is 30.4 Å². The van der Waals surface area contributed by atoms with E-state index in [0.717, 1.165) is 24.0 Å². The molecule has 0 atom stereocenters. The lowest BCUT2D eigenvalue weighted by Gasteiger charge is -2.20. The molecule has 0 amide bonds. The Balaban J connectivity index is 2.65. The summed E-state index contributed by atoms with van der Waals surface area (Å²) < 4.78 is 5.13.